The van der Waals surface area contributed by atoms with Gasteiger partial charge in [0.2, 0.25) is 10.0 Å². The first-order chi connectivity index (χ1) is 14.1. The number of halogens is 4. The molecule has 1 aromatic rings. The zero-order valence-electron chi connectivity index (χ0n) is 16.3. The highest BCUT2D eigenvalue weighted by Gasteiger charge is 2.35. The van der Waals surface area contributed by atoms with E-state index in [9.17, 15) is 30.8 Å². The summed E-state index contributed by atoms with van der Waals surface area (Å²) < 4.78 is 77.6. The lowest BCUT2D eigenvalue weighted by molar-refractivity contribution is -0.140. The summed E-state index contributed by atoms with van der Waals surface area (Å²) in [5.41, 5.74) is -1.55. The molecule has 1 aliphatic carbocycles. The number of sulfonamides is 1. The molecule has 11 heteroatoms. The molecule has 1 amide bonds. The predicted molar refractivity (Wildman–Crippen MR) is 103 cm³/mol. The minimum absolute atomic E-state index is 0.152. The Morgan fingerprint density at radius 2 is 1.80 bits per heavy atom. The van der Waals surface area contributed by atoms with Crippen LogP contribution in [-0.4, -0.2) is 57.2 Å². The Morgan fingerprint density at radius 1 is 1.13 bits per heavy atom. The number of hydrogen-bond donors (Lipinski definition) is 2. The van der Waals surface area contributed by atoms with Crippen molar-refractivity contribution in [2.24, 2.45) is 5.92 Å². The number of rotatable bonds is 8. The average Bonchev–Trinajstić information content (AvgIpc) is 3.52. The summed E-state index contributed by atoms with van der Waals surface area (Å²) in [6, 6.07) is 2.14. The lowest BCUT2D eigenvalue weighted by atomic mass is 9.96. The summed E-state index contributed by atoms with van der Waals surface area (Å²) in [7, 11) is -3.17. The molecule has 2 N–H and O–H groups in total. The summed E-state index contributed by atoms with van der Waals surface area (Å²) in [5.74, 6) is -1.88. The summed E-state index contributed by atoms with van der Waals surface area (Å²) in [6.07, 6.45) is -1.74. The highest BCUT2D eigenvalue weighted by molar-refractivity contribution is 7.90. The Kier molecular flexibility index (Phi) is 7.03. The third kappa shape index (κ3) is 6.14. The van der Waals surface area contributed by atoms with Crippen LogP contribution in [0.25, 0.3) is 0 Å². The van der Waals surface area contributed by atoms with Crippen molar-refractivity contribution in [3.63, 3.8) is 0 Å². The molecule has 0 spiro atoms. The molecular weight excluding hydrogens is 426 g/mol. The van der Waals surface area contributed by atoms with Gasteiger partial charge in [-0.05, 0) is 62.9 Å². The molecule has 0 atom stereocenters. The average molecular weight is 451 g/mol. The summed E-state index contributed by atoms with van der Waals surface area (Å²) in [5, 5.41) is 2.42. The van der Waals surface area contributed by atoms with Crippen molar-refractivity contribution in [2.45, 2.75) is 37.1 Å². The van der Waals surface area contributed by atoms with E-state index in [1.807, 2.05) is 0 Å². The second-order valence-corrected chi connectivity index (χ2v) is 9.87. The van der Waals surface area contributed by atoms with E-state index in [1.165, 1.54) is 0 Å². The van der Waals surface area contributed by atoms with Crippen LogP contribution in [-0.2, 0) is 16.2 Å². The number of carbonyl (C=O) groups is 1. The molecule has 0 unspecified atom stereocenters. The van der Waals surface area contributed by atoms with Crippen LogP contribution < -0.4 is 10.0 Å². The topological polar surface area (TPSA) is 78.5 Å². The smallest absolute Gasteiger partial charge is 0.352 e. The van der Waals surface area contributed by atoms with Crippen LogP contribution in [0.1, 0.15) is 41.6 Å². The monoisotopic (exact) mass is 451 g/mol. The van der Waals surface area contributed by atoms with E-state index in [-0.39, 0.29) is 16.7 Å². The van der Waals surface area contributed by atoms with Crippen LogP contribution in [0.3, 0.4) is 0 Å². The SMILES string of the molecule is O=C(NCC1CCN(CCNS(=O)(=O)C2CC2)CC1)c1ccc(C(F)(F)F)c(F)c1. The number of alkyl halides is 3. The molecule has 1 heterocycles. The molecule has 0 bridgehead atoms. The van der Waals surface area contributed by atoms with E-state index < -0.39 is 33.5 Å². The number of benzene rings is 1. The minimum Gasteiger partial charge on any atom is -0.352 e. The summed E-state index contributed by atoms with van der Waals surface area (Å²) in [4.78, 5) is 14.3. The van der Waals surface area contributed by atoms with Gasteiger partial charge in [-0.3, -0.25) is 4.79 Å². The quantitative estimate of drug-likeness (QED) is 0.595. The number of hydrogen-bond acceptors (Lipinski definition) is 4. The van der Waals surface area contributed by atoms with Crippen LogP contribution >= 0.6 is 0 Å². The number of piperidine rings is 1. The highest BCUT2D eigenvalue weighted by atomic mass is 32.2. The van der Waals surface area contributed by atoms with Gasteiger partial charge < -0.3 is 10.2 Å². The zero-order chi connectivity index (χ0) is 21.9. The maximum Gasteiger partial charge on any atom is 0.419 e. The number of carbonyl (C=O) groups excluding carboxylic acids is 1. The van der Waals surface area contributed by atoms with Crippen LogP contribution in [0.4, 0.5) is 17.6 Å². The van der Waals surface area contributed by atoms with E-state index in [1.54, 1.807) is 0 Å². The first kappa shape index (κ1) is 23.0. The Labute approximate surface area is 173 Å². The fourth-order valence-electron chi connectivity index (χ4n) is 3.48. The number of amides is 1. The van der Waals surface area contributed by atoms with Crippen LogP contribution in [0.2, 0.25) is 0 Å². The van der Waals surface area contributed by atoms with Crippen molar-refractivity contribution in [2.75, 3.05) is 32.7 Å². The van der Waals surface area contributed by atoms with Gasteiger partial charge in [0.1, 0.15) is 5.82 Å². The third-order valence-electron chi connectivity index (χ3n) is 5.49. The molecule has 1 aromatic carbocycles. The van der Waals surface area contributed by atoms with Crippen molar-refractivity contribution in [3.05, 3.63) is 35.1 Å². The zero-order valence-corrected chi connectivity index (χ0v) is 17.2. The number of nitrogens with one attached hydrogen (secondary N) is 2. The standard InChI is InChI=1S/C19H25F4N3O3S/c20-17-11-14(1-4-16(17)19(21,22)23)18(27)24-12-13-5-8-26(9-6-13)10-7-25-30(28,29)15-2-3-15/h1,4,11,13,15,25H,2-3,5-10,12H2,(H,24,27). The van der Waals surface area contributed by atoms with Gasteiger partial charge in [0.25, 0.3) is 5.91 Å². The number of likely N-dealkylation sites (tertiary alicyclic amines) is 1. The first-order valence-electron chi connectivity index (χ1n) is 9.92. The summed E-state index contributed by atoms with van der Waals surface area (Å²) in [6.45, 7) is 2.88. The normalized spacial score (nSPS) is 19.1. The molecule has 168 valence electrons. The molecule has 2 aliphatic rings. The second-order valence-electron chi connectivity index (χ2n) is 7.83. The molecule has 3 rings (SSSR count). The van der Waals surface area contributed by atoms with Crippen LogP contribution in [0, 0.1) is 11.7 Å². The van der Waals surface area contributed by atoms with Gasteiger partial charge in [-0.2, -0.15) is 13.2 Å². The van der Waals surface area contributed by atoms with Gasteiger partial charge in [-0.15, -0.1) is 0 Å². The molecule has 30 heavy (non-hydrogen) atoms. The van der Waals surface area contributed by atoms with Crippen LogP contribution in [0.15, 0.2) is 18.2 Å². The van der Waals surface area contributed by atoms with E-state index in [0.717, 1.165) is 44.8 Å². The molecular formula is C19H25F4N3O3S. The largest absolute Gasteiger partial charge is 0.419 e. The Balaban J connectivity index is 1.38. The van der Waals surface area contributed by atoms with Gasteiger partial charge in [-0.1, -0.05) is 0 Å². The molecule has 1 saturated heterocycles. The highest BCUT2D eigenvalue weighted by Crippen LogP contribution is 2.31. The van der Waals surface area contributed by atoms with Gasteiger partial charge in [-0.25, -0.2) is 17.5 Å². The molecule has 2 fully saturated rings. The lowest BCUT2D eigenvalue weighted by Gasteiger charge is -2.32. The lowest BCUT2D eigenvalue weighted by Crippen LogP contribution is -2.42. The van der Waals surface area contributed by atoms with Crippen molar-refractivity contribution >= 4 is 15.9 Å². The van der Waals surface area contributed by atoms with E-state index in [4.69, 9.17) is 0 Å². The first-order valence-corrected chi connectivity index (χ1v) is 11.5. The van der Waals surface area contributed by atoms with Crippen molar-refractivity contribution in [1.29, 1.82) is 0 Å². The maximum absolute atomic E-state index is 13.6. The maximum atomic E-state index is 13.6. The molecule has 0 radical (unpaired) electrons. The van der Waals surface area contributed by atoms with Crippen LogP contribution in [0.5, 0.6) is 0 Å². The van der Waals surface area contributed by atoms with Crippen molar-refractivity contribution in [3.8, 4) is 0 Å². The second kappa shape index (κ2) is 9.19. The van der Waals surface area contributed by atoms with Gasteiger partial charge in [0, 0.05) is 25.2 Å². The fraction of sp³-hybridized carbons (Fsp3) is 0.632. The van der Waals surface area contributed by atoms with E-state index in [0.29, 0.717) is 31.8 Å². The Morgan fingerprint density at radius 3 is 2.37 bits per heavy atom. The van der Waals surface area contributed by atoms with Crippen molar-refractivity contribution in [1.82, 2.24) is 14.9 Å². The minimum atomic E-state index is -4.80. The van der Waals surface area contributed by atoms with Crippen molar-refractivity contribution < 1.29 is 30.8 Å². The molecule has 1 aliphatic heterocycles. The fourth-order valence-corrected chi connectivity index (χ4v) is 4.85. The molecule has 6 nitrogen and oxygen atoms in total. The summed E-state index contributed by atoms with van der Waals surface area (Å²) >= 11 is 0. The van der Waals surface area contributed by atoms with Gasteiger partial charge in [0.15, 0.2) is 0 Å². The Hall–Kier alpha value is -1.72. The van der Waals surface area contributed by atoms with E-state index in [2.05, 4.69) is 14.9 Å². The molecule has 1 saturated carbocycles. The van der Waals surface area contributed by atoms with Gasteiger partial charge >= 0.3 is 6.18 Å². The third-order valence-corrected chi connectivity index (χ3v) is 7.45. The van der Waals surface area contributed by atoms with E-state index >= 15 is 0 Å². The van der Waals surface area contributed by atoms with Gasteiger partial charge in [0.05, 0.1) is 10.8 Å². The number of nitrogens with zero attached hydrogens (tertiary/aromatic N) is 1. The Bertz CT molecular complexity index is 864. The molecule has 0 aromatic heterocycles. The predicted octanol–water partition coefficient (Wildman–Crippen LogP) is 2.37.